The molecule has 1 aromatic heterocycles. The van der Waals surface area contributed by atoms with Crippen LogP contribution >= 0.6 is 28.1 Å². The maximum Gasteiger partial charge on any atom is 0.269 e. The molecule has 4 nitrogen and oxygen atoms in total. The number of aromatic amines is 1. The number of hydrogen-bond donors (Lipinski definition) is 1. The maximum absolute atomic E-state index is 13.0. The molecule has 3 rings (SSSR count). The molecular weight excluding hydrogens is 371 g/mol. The zero-order chi connectivity index (χ0) is 15.9. The first kappa shape index (κ1) is 14.8. The van der Waals surface area contributed by atoms with Crippen molar-refractivity contribution >= 4 is 45.0 Å². The molecular formula is C15H8BrFN2O2S. The van der Waals surface area contributed by atoms with E-state index in [0.29, 0.717) is 15.4 Å². The summed E-state index contributed by atoms with van der Waals surface area (Å²) in [4.78, 5) is 27.9. The van der Waals surface area contributed by atoms with Crippen molar-refractivity contribution < 1.29 is 9.18 Å². The highest BCUT2D eigenvalue weighted by Gasteiger charge is 2.15. The van der Waals surface area contributed by atoms with Gasteiger partial charge >= 0.3 is 0 Å². The number of nitrogens with one attached hydrogen (secondary N) is 1. The van der Waals surface area contributed by atoms with Gasteiger partial charge in [0, 0.05) is 10.0 Å². The minimum atomic E-state index is -0.604. The molecule has 1 N–H and O–H groups in total. The van der Waals surface area contributed by atoms with E-state index in [-0.39, 0.29) is 10.3 Å². The molecule has 0 aliphatic heterocycles. The van der Waals surface area contributed by atoms with E-state index < -0.39 is 17.3 Å². The lowest BCUT2D eigenvalue weighted by atomic mass is 10.2. The lowest BCUT2D eigenvalue weighted by Crippen LogP contribution is -2.29. The molecule has 1 heterocycles. The first-order valence-electron chi connectivity index (χ1n) is 6.22. The van der Waals surface area contributed by atoms with E-state index in [1.54, 1.807) is 18.2 Å². The lowest BCUT2D eigenvalue weighted by molar-refractivity contribution is 0.0953. The van der Waals surface area contributed by atoms with Crippen molar-refractivity contribution in [1.29, 1.82) is 0 Å². The van der Waals surface area contributed by atoms with Crippen LogP contribution in [0.2, 0.25) is 0 Å². The largest absolute Gasteiger partial charge is 0.331 e. The summed E-state index contributed by atoms with van der Waals surface area (Å²) in [7, 11) is 0. The van der Waals surface area contributed by atoms with Crippen molar-refractivity contribution in [3.63, 3.8) is 0 Å². The highest BCUT2D eigenvalue weighted by Crippen LogP contribution is 2.15. The number of nitrogens with zero attached hydrogens (tertiary/aromatic N) is 1. The molecule has 3 aromatic rings. The molecule has 0 spiro atoms. The van der Waals surface area contributed by atoms with Crippen LogP contribution in [-0.4, -0.2) is 15.5 Å². The zero-order valence-electron chi connectivity index (χ0n) is 11.0. The van der Waals surface area contributed by atoms with Crippen LogP contribution in [0, 0.1) is 10.6 Å². The molecule has 0 saturated heterocycles. The van der Waals surface area contributed by atoms with Crippen molar-refractivity contribution in [3.8, 4) is 0 Å². The molecule has 7 heteroatoms. The van der Waals surface area contributed by atoms with Crippen molar-refractivity contribution in [2.75, 3.05) is 0 Å². The Morgan fingerprint density at radius 2 is 1.86 bits per heavy atom. The first-order chi connectivity index (χ1) is 10.5. The molecule has 0 fully saturated rings. The average molecular weight is 379 g/mol. The topological polar surface area (TPSA) is 54.9 Å². The van der Waals surface area contributed by atoms with Crippen LogP contribution in [0.3, 0.4) is 0 Å². The minimum Gasteiger partial charge on any atom is -0.331 e. The SMILES string of the molecule is O=C(c1ccc(F)cc1)n1c(=S)[nH]c2ccc(Br)cc2c1=O. The Bertz CT molecular complexity index is 1010. The summed E-state index contributed by atoms with van der Waals surface area (Å²) in [6.07, 6.45) is 0. The fourth-order valence-electron chi connectivity index (χ4n) is 2.09. The lowest BCUT2D eigenvalue weighted by Gasteiger charge is -2.07. The van der Waals surface area contributed by atoms with Crippen LogP contribution in [0.5, 0.6) is 0 Å². The Hall–Kier alpha value is -2.12. The van der Waals surface area contributed by atoms with Gasteiger partial charge in [0.2, 0.25) is 0 Å². The van der Waals surface area contributed by atoms with E-state index in [2.05, 4.69) is 20.9 Å². The molecule has 0 radical (unpaired) electrons. The van der Waals surface area contributed by atoms with Crippen LogP contribution < -0.4 is 5.56 Å². The van der Waals surface area contributed by atoms with E-state index >= 15 is 0 Å². The van der Waals surface area contributed by atoms with Gasteiger partial charge in [0.05, 0.1) is 10.9 Å². The van der Waals surface area contributed by atoms with Crippen molar-refractivity contribution in [3.05, 3.63) is 73.4 Å². The highest BCUT2D eigenvalue weighted by molar-refractivity contribution is 9.10. The third kappa shape index (κ3) is 2.53. The number of benzene rings is 2. The molecule has 110 valence electrons. The van der Waals surface area contributed by atoms with Gasteiger partial charge in [0.25, 0.3) is 11.5 Å². The normalized spacial score (nSPS) is 10.8. The third-order valence-electron chi connectivity index (χ3n) is 3.15. The summed E-state index contributed by atoms with van der Waals surface area (Å²) in [6, 6.07) is 10.00. The summed E-state index contributed by atoms with van der Waals surface area (Å²) in [5, 5.41) is 0.332. The third-order valence-corrected chi connectivity index (χ3v) is 3.93. The maximum atomic E-state index is 13.0. The number of H-pyrrole nitrogens is 1. The standard InChI is InChI=1S/C15H8BrFN2O2S/c16-9-3-6-12-11(7-9)14(21)19(15(22)18-12)13(20)8-1-4-10(17)5-2-8/h1-7H,(H,18,22). The van der Waals surface area contributed by atoms with Gasteiger partial charge in [-0.05, 0) is 54.7 Å². The van der Waals surface area contributed by atoms with E-state index in [1.165, 1.54) is 12.1 Å². The predicted molar refractivity (Wildman–Crippen MR) is 87.2 cm³/mol. The number of carbonyl (C=O) groups is 1. The Labute approximate surface area is 137 Å². The summed E-state index contributed by atoms with van der Waals surface area (Å²) in [5.74, 6) is -1.07. The number of halogens is 2. The molecule has 0 bridgehead atoms. The zero-order valence-corrected chi connectivity index (χ0v) is 13.4. The average Bonchev–Trinajstić information content (AvgIpc) is 2.49. The van der Waals surface area contributed by atoms with Crippen LogP contribution in [0.15, 0.2) is 51.7 Å². The van der Waals surface area contributed by atoms with Gasteiger partial charge in [-0.15, -0.1) is 0 Å². The number of hydrogen-bond acceptors (Lipinski definition) is 3. The monoisotopic (exact) mass is 378 g/mol. The Morgan fingerprint density at radius 1 is 1.18 bits per heavy atom. The van der Waals surface area contributed by atoms with Gasteiger partial charge in [0.1, 0.15) is 5.82 Å². The molecule has 0 aliphatic rings. The molecule has 2 aromatic carbocycles. The molecule has 0 unspecified atom stereocenters. The Balaban J connectivity index is 2.26. The summed E-state index contributed by atoms with van der Waals surface area (Å²) < 4.78 is 14.5. The summed E-state index contributed by atoms with van der Waals surface area (Å²) in [5.41, 5.74) is 0.202. The summed E-state index contributed by atoms with van der Waals surface area (Å²) >= 11 is 8.39. The number of aromatic nitrogens is 2. The van der Waals surface area contributed by atoms with Gasteiger partial charge in [0.15, 0.2) is 4.77 Å². The minimum absolute atomic E-state index is 0.00542. The van der Waals surface area contributed by atoms with E-state index in [0.717, 1.165) is 16.7 Å². The summed E-state index contributed by atoms with van der Waals surface area (Å²) in [6.45, 7) is 0. The van der Waals surface area contributed by atoms with Crippen molar-refractivity contribution in [1.82, 2.24) is 9.55 Å². The first-order valence-corrected chi connectivity index (χ1v) is 7.42. The van der Waals surface area contributed by atoms with Gasteiger partial charge in [-0.2, -0.15) is 0 Å². The van der Waals surface area contributed by atoms with Crippen molar-refractivity contribution in [2.45, 2.75) is 0 Å². The highest BCUT2D eigenvalue weighted by atomic mass is 79.9. The molecule has 0 aliphatic carbocycles. The molecule has 0 atom stereocenters. The van der Waals surface area contributed by atoms with Crippen LogP contribution in [0.25, 0.3) is 10.9 Å². The molecule has 0 saturated carbocycles. The van der Waals surface area contributed by atoms with Gasteiger partial charge in [-0.1, -0.05) is 15.9 Å². The Morgan fingerprint density at radius 3 is 2.55 bits per heavy atom. The second-order valence-corrected chi connectivity index (χ2v) is 5.88. The second kappa shape index (κ2) is 5.58. The fourth-order valence-corrected chi connectivity index (χ4v) is 2.73. The molecule has 0 amide bonds. The van der Waals surface area contributed by atoms with Crippen LogP contribution in [0.1, 0.15) is 10.4 Å². The van der Waals surface area contributed by atoms with Crippen LogP contribution in [-0.2, 0) is 0 Å². The van der Waals surface area contributed by atoms with E-state index in [9.17, 15) is 14.0 Å². The van der Waals surface area contributed by atoms with E-state index in [1.807, 2.05) is 0 Å². The van der Waals surface area contributed by atoms with Crippen LogP contribution in [0.4, 0.5) is 4.39 Å². The smallest absolute Gasteiger partial charge is 0.269 e. The van der Waals surface area contributed by atoms with Gasteiger partial charge in [-0.3, -0.25) is 9.59 Å². The number of rotatable bonds is 1. The fraction of sp³-hybridized carbons (Fsp3) is 0. The van der Waals surface area contributed by atoms with Gasteiger partial charge < -0.3 is 4.98 Å². The number of carbonyl (C=O) groups excluding carboxylic acids is 1. The number of fused-ring (bicyclic) bond motifs is 1. The Kier molecular flexibility index (Phi) is 3.76. The molecule has 22 heavy (non-hydrogen) atoms. The van der Waals surface area contributed by atoms with Crippen molar-refractivity contribution in [2.24, 2.45) is 0 Å². The quantitative estimate of drug-likeness (QED) is 0.657. The predicted octanol–water partition coefficient (Wildman–Crippen LogP) is 3.65. The van der Waals surface area contributed by atoms with E-state index in [4.69, 9.17) is 12.2 Å². The second-order valence-electron chi connectivity index (χ2n) is 4.57. The van der Waals surface area contributed by atoms with Gasteiger partial charge in [-0.25, -0.2) is 8.96 Å².